The van der Waals surface area contributed by atoms with E-state index in [1.54, 1.807) is 0 Å². The van der Waals surface area contributed by atoms with Crippen molar-refractivity contribution in [2.45, 2.75) is 52.9 Å². The molecule has 14 atom stereocenters. The van der Waals surface area contributed by atoms with Gasteiger partial charge in [0.2, 0.25) is 0 Å². The van der Waals surface area contributed by atoms with Crippen LogP contribution in [-0.4, -0.2) is 178 Å². The fraction of sp³-hybridized carbons (Fsp3) is 1.00. The predicted molar refractivity (Wildman–Crippen MR) is 247 cm³/mol. The Morgan fingerprint density at radius 1 is 0.263 bits per heavy atom. The molecule has 0 bridgehead atoms. The summed E-state index contributed by atoms with van der Waals surface area (Å²) in [7, 11) is -47.6. The standard InChI is InChI=1S/C26H64O40P10/c1-22(15-57-67(27,28)29)17-60-73(40,41)63-21-26(5)66-76(46,47)56-14-11-53-72(38,39)62-20-25(4)65-75(44,45)55-13-10-52-71(36,37)61-19-24(3)64-74(42,43)54-12-9-50-69(32,33)49-7-8-51-70(34,35)59-18-23(2)16-58-68(30,31)48-6/h22-26H,7-21H2,1-6H3,(H,30,31)(H,32,33)(H,34,35)(H,36,37)(H,38,39)(H,40,41)(H,42,43)(H,44,45)(H,46,47)(H2,27,28,29). The minimum Gasteiger partial charge on any atom is -0.303 e. The van der Waals surface area contributed by atoms with Gasteiger partial charge >= 0.3 is 78.2 Å². The third kappa shape index (κ3) is 43.7. The molecule has 0 saturated carbocycles. The van der Waals surface area contributed by atoms with Gasteiger partial charge in [-0.15, -0.1) is 0 Å². The summed E-state index contributed by atoms with van der Waals surface area (Å²) >= 11 is 0. The Kier molecular flexibility index (Phi) is 35.9. The maximum Gasteiger partial charge on any atom is 0.472 e. The molecule has 76 heavy (non-hydrogen) atoms. The highest BCUT2D eigenvalue weighted by molar-refractivity contribution is 7.49. The first-order valence-corrected chi connectivity index (χ1v) is 35.7. The third-order valence-corrected chi connectivity index (χ3v) is 16.8. The molecule has 50 heteroatoms. The molecule has 0 aromatic carbocycles. The monoisotopic (exact) mass is 1330 g/mol. The Morgan fingerprint density at radius 3 is 0.684 bits per heavy atom. The normalized spacial score (nSPS) is 21.9. The minimum atomic E-state index is -5.03. The van der Waals surface area contributed by atoms with E-state index >= 15 is 0 Å². The zero-order valence-electron chi connectivity index (χ0n) is 40.7. The van der Waals surface area contributed by atoms with Crippen molar-refractivity contribution < 1.29 is 185 Å². The molecule has 0 aliphatic heterocycles. The van der Waals surface area contributed by atoms with Gasteiger partial charge in [-0.3, -0.25) is 86.0 Å². The van der Waals surface area contributed by atoms with E-state index in [1.165, 1.54) is 13.8 Å². The van der Waals surface area contributed by atoms with Gasteiger partial charge in [-0.2, -0.15) is 0 Å². The first-order valence-electron chi connectivity index (χ1n) is 20.7. The lowest BCUT2D eigenvalue weighted by atomic mass is 10.2. The van der Waals surface area contributed by atoms with Gasteiger partial charge in [-0.1, -0.05) is 13.8 Å². The molecular formula is C26H64O40P10. The van der Waals surface area contributed by atoms with Gasteiger partial charge in [0.1, 0.15) is 0 Å². The molecule has 40 nitrogen and oxygen atoms in total. The highest BCUT2D eigenvalue weighted by Crippen LogP contribution is 2.52. The van der Waals surface area contributed by atoms with Gasteiger partial charge in [0, 0.05) is 18.9 Å². The summed E-state index contributed by atoms with van der Waals surface area (Å²) < 4.78 is 206. The number of rotatable bonds is 48. The summed E-state index contributed by atoms with van der Waals surface area (Å²) in [5, 5.41) is 0. The summed E-state index contributed by atoms with van der Waals surface area (Å²) in [6.07, 6.45) is -4.38. The molecule has 0 aromatic heterocycles. The molecule has 0 radical (unpaired) electrons. The van der Waals surface area contributed by atoms with Crippen LogP contribution in [0, 0.1) is 11.8 Å². The fourth-order valence-corrected chi connectivity index (χ4v) is 11.5. The Morgan fingerprint density at radius 2 is 0.447 bits per heavy atom. The Hall–Kier alpha value is 1.10. The molecule has 0 aromatic rings. The SMILES string of the molecule is COP(=O)(O)OCC(C)COP(=O)(O)OCCOP(=O)(O)OCCOP(=O)(O)OC(C)COP(=O)(O)OCCOP(=O)(O)OC(C)COP(=O)(O)OCCOP(=O)(O)OC(C)COP(=O)(O)OCC(C)COP(=O)(O)O. The van der Waals surface area contributed by atoms with Gasteiger partial charge < -0.3 is 53.8 Å². The van der Waals surface area contributed by atoms with Crippen LogP contribution in [0.25, 0.3) is 0 Å². The van der Waals surface area contributed by atoms with Crippen molar-refractivity contribution in [2.75, 3.05) is 106 Å². The molecule has 0 spiro atoms. The number of hydrogen-bond acceptors (Lipinski definition) is 29. The predicted octanol–water partition coefficient (Wildman–Crippen LogP) is 3.37. The van der Waals surface area contributed by atoms with E-state index in [4.69, 9.17) is 23.4 Å². The molecule has 14 unspecified atom stereocenters. The number of phosphoric acid groups is 10. The van der Waals surface area contributed by atoms with Gasteiger partial charge in [0.25, 0.3) is 0 Å². The smallest absolute Gasteiger partial charge is 0.303 e. The summed E-state index contributed by atoms with van der Waals surface area (Å²) in [6.45, 7) is -5.55. The van der Waals surface area contributed by atoms with Gasteiger partial charge in [0.15, 0.2) is 0 Å². The van der Waals surface area contributed by atoms with E-state index < -0.39 is 207 Å². The van der Waals surface area contributed by atoms with Crippen LogP contribution < -0.4 is 0 Å². The van der Waals surface area contributed by atoms with Crippen LogP contribution in [0.15, 0.2) is 0 Å². The van der Waals surface area contributed by atoms with Crippen LogP contribution >= 0.6 is 78.2 Å². The number of phosphoric ester groups is 10. The molecule has 0 heterocycles. The molecule has 0 fully saturated rings. The average Bonchev–Trinajstić information content (AvgIpc) is 3.27. The van der Waals surface area contributed by atoms with Crippen LogP contribution in [0.5, 0.6) is 0 Å². The molecule has 0 aliphatic carbocycles. The van der Waals surface area contributed by atoms with Gasteiger partial charge in [0.05, 0.1) is 117 Å². The van der Waals surface area contributed by atoms with Crippen LogP contribution in [0.1, 0.15) is 34.6 Å². The maximum absolute atomic E-state index is 12.3. The Balaban J connectivity index is 4.47. The second kappa shape index (κ2) is 35.4. The van der Waals surface area contributed by atoms with E-state index in [1.807, 2.05) is 0 Å². The van der Waals surface area contributed by atoms with E-state index in [2.05, 4.69) is 72.4 Å². The minimum absolute atomic E-state index is 0.401. The average molecular weight is 1330 g/mol. The molecule has 0 saturated heterocycles. The van der Waals surface area contributed by atoms with Crippen molar-refractivity contribution in [1.29, 1.82) is 0 Å². The highest BCUT2D eigenvalue weighted by atomic mass is 31.2. The summed E-state index contributed by atoms with van der Waals surface area (Å²) in [4.78, 5) is 105. The van der Waals surface area contributed by atoms with E-state index in [0.717, 1.165) is 27.9 Å². The second-order valence-corrected chi connectivity index (χ2v) is 28.9. The van der Waals surface area contributed by atoms with Crippen molar-refractivity contribution >= 4 is 78.2 Å². The van der Waals surface area contributed by atoms with E-state index in [-0.39, 0.29) is 0 Å². The van der Waals surface area contributed by atoms with Crippen molar-refractivity contribution in [3.63, 3.8) is 0 Å². The van der Waals surface area contributed by atoms with Gasteiger partial charge in [-0.25, -0.2) is 45.7 Å². The van der Waals surface area contributed by atoms with Crippen LogP contribution in [-0.2, 0) is 132 Å². The maximum atomic E-state index is 12.3. The van der Waals surface area contributed by atoms with Crippen LogP contribution in [0.2, 0.25) is 0 Å². The van der Waals surface area contributed by atoms with E-state index in [9.17, 15) is 89.7 Å². The zero-order chi connectivity index (χ0) is 58.9. The van der Waals surface area contributed by atoms with Crippen molar-refractivity contribution in [1.82, 2.24) is 0 Å². The first-order chi connectivity index (χ1) is 34.4. The molecule has 0 amide bonds. The highest BCUT2D eigenvalue weighted by Gasteiger charge is 2.34. The molecular weight excluding hydrogens is 1260 g/mol. The van der Waals surface area contributed by atoms with Crippen LogP contribution in [0.4, 0.5) is 0 Å². The van der Waals surface area contributed by atoms with Crippen molar-refractivity contribution in [3.8, 4) is 0 Å². The molecule has 11 N–H and O–H groups in total. The third-order valence-electron chi connectivity index (χ3n) is 7.05. The summed E-state index contributed by atoms with van der Waals surface area (Å²) in [5.74, 6) is -1.47. The zero-order valence-corrected chi connectivity index (χ0v) is 49.7. The first kappa shape index (κ1) is 77.1. The Labute approximate surface area is 433 Å². The molecule has 0 aliphatic rings. The number of hydrogen-bond donors (Lipinski definition) is 11. The molecule has 458 valence electrons. The summed E-state index contributed by atoms with van der Waals surface area (Å²) in [5.41, 5.74) is 0. The molecule has 0 rings (SSSR count). The van der Waals surface area contributed by atoms with Crippen molar-refractivity contribution in [2.24, 2.45) is 11.8 Å². The lowest BCUT2D eigenvalue weighted by Gasteiger charge is -2.20. The van der Waals surface area contributed by atoms with E-state index in [0.29, 0.717) is 0 Å². The Bertz CT molecular complexity index is 2190. The summed E-state index contributed by atoms with van der Waals surface area (Å²) in [6, 6.07) is 0. The largest absolute Gasteiger partial charge is 0.472 e. The van der Waals surface area contributed by atoms with Gasteiger partial charge in [-0.05, 0) is 20.8 Å². The van der Waals surface area contributed by atoms with Crippen molar-refractivity contribution in [3.05, 3.63) is 0 Å². The second-order valence-electron chi connectivity index (χ2n) is 14.6. The quantitative estimate of drug-likeness (QED) is 0.0307. The lowest BCUT2D eigenvalue weighted by molar-refractivity contribution is 0.0417. The van der Waals surface area contributed by atoms with Crippen LogP contribution in [0.3, 0.4) is 0 Å². The lowest BCUT2D eigenvalue weighted by Crippen LogP contribution is -2.17. The fourth-order valence-electron chi connectivity index (χ4n) is 3.91. The topological polar surface area (TPSA) is 569 Å².